The van der Waals surface area contributed by atoms with E-state index >= 15 is 0 Å². The second kappa shape index (κ2) is 10.8. The Morgan fingerprint density at radius 1 is 1.11 bits per heavy atom. The molecule has 0 saturated heterocycles. The molecule has 0 aliphatic heterocycles. The minimum Gasteiger partial charge on any atom is -0.481 e. The van der Waals surface area contributed by atoms with Crippen LogP contribution >= 0.6 is 11.8 Å². The number of nitrogens with zero attached hydrogens (tertiary/aromatic N) is 1. The van der Waals surface area contributed by atoms with E-state index in [0.717, 1.165) is 24.0 Å². The first-order chi connectivity index (χ1) is 16.6. The zero-order valence-corrected chi connectivity index (χ0v) is 21.6. The zero-order chi connectivity index (χ0) is 25.2. The predicted molar refractivity (Wildman–Crippen MR) is 130 cm³/mol. The van der Waals surface area contributed by atoms with Crippen LogP contribution in [0, 0.1) is 23.7 Å². The van der Waals surface area contributed by atoms with Gasteiger partial charge in [-0.2, -0.15) is 0 Å². The predicted octanol–water partition coefficient (Wildman–Crippen LogP) is 3.87. The molecule has 1 heterocycles. The molecule has 0 radical (unpaired) electrons. The minimum atomic E-state index is -1.02. The maximum Gasteiger partial charge on any atom is 0.303 e. The molecule has 10 heteroatoms. The summed E-state index contributed by atoms with van der Waals surface area (Å²) in [5.41, 5.74) is -0.760. The Kier molecular flexibility index (Phi) is 7.98. The molecule has 1 aromatic rings. The van der Waals surface area contributed by atoms with Crippen LogP contribution in [-0.2, 0) is 9.59 Å². The first-order valence-corrected chi connectivity index (χ1v) is 13.7. The van der Waals surface area contributed by atoms with Crippen LogP contribution in [0.25, 0.3) is 0 Å². The van der Waals surface area contributed by atoms with Gasteiger partial charge in [0.05, 0.1) is 12.0 Å². The number of aromatic nitrogens is 1. The molecule has 0 spiro atoms. The summed E-state index contributed by atoms with van der Waals surface area (Å²) in [4.78, 5) is 36.6. The largest absolute Gasteiger partial charge is 0.481 e. The second-order valence-electron chi connectivity index (χ2n) is 11.0. The van der Waals surface area contributed by atoms with Crippen molar-refractivity contribution >= 4 is 29.5 Å². The van der Waals surface area contributed by atoms with E-state index in [2.05, 4.69) is 22.7 Å². The average molecular weight is 508 g/mol. The molecule has 35 heavy (non-hydrogen) atoms. The molecule has 3 N–H and O–H groups in total. The average Bonchev–Trinajstić information content (AvgIpc) is 3.19. The third-order valence-corrected chi connectivity index (χ3v) is 8.68. The molecule has 9 nitrogen and oxygen atoms in total. The fourth-order valence-corrected chi connectivity index (χ4v) is 7.05. The number of thioether (sulfide) groups is 1. The maximum atomic E-state index is 13.3. The van der Waals surface area contributed by atoms with Crippen molar-refractivity contribution < 1.29 is 28.8 Å². The molecule has 4 bridgehead atoms. The molecule has 0 atom stereocenters. The van der Waals surface area contributed by atoms with Gasteiger partial charge in [-0.1, -0.05) is 6.92 Å². The van der Waals surface area contributed by atoms with Gasteiger partial charge in [0.2, 0.25) is 11.7 Å². The molecule has 5 rings (SSSR count). The van der Waals surface area contributed by atoms with Gasteiger partial charge in [0.1, 0.15) is 11.5 Å². The number of hydrogen-bond acceptors (Lipinski definition) is 7. The lowest BCUT2D eigenvalue weighted by atomic mass is 9.54. The summed E-state index contributed by atoms with van der Waals surface area (Å²) in [7, 11) is 0. The number of aliphatic carboxylic acids is 1. The summed E-state index contributed by atoms with van der Waals surface area (Å²) in [6, 6.07) is 0.203. The van der Waals surface area contributed by atoms with Crippen molar-refractivity contribution in [3.05, 3.63) is 5.76 Å². The molecular formula is C25H37N3O6S. The Morgan fingerprint density at radius 3 is 2.37 bits per heavy atom. The zero-order valence-electron chi connectivity index (χ0n) is 20.8. The van der Waals surface area contributed by atoms with Crippen LogP contribution in [-0.4, -0.2) is 52.0 Å². The smallest absolute Gasteiger partial charge is 0.303 e. The van der Waals surface area contributed by atoms with Crippen LogP contribution in [0.2, 0.25) is 0 Å². The molecule has 0 aromatic carbocycles. The van der Waals surface area contributed by atoms with Crippen molar-refractivity contribution in [2.75, 3.05) is 12.4 Å². The Labute approximate surface area is 210 Å². The Hall–Kier alpha value is -2.23. The van der Waals surface area contributed by atoms with Gasteiger partial charge in [0.15, 0.2) is 0 Å². The normalized spacial score (nSPS) is 27.0. The van der Waals surface area contributed by atoms with Crippen molar-refractivity contribution in [3.63, 3.8) is 0 Å². The van der Waals surface area contributed by atoms with Gasteiger partial charge in [-0.25, -0.2) is 0 Å². The van der Waals surface area contributed by atoms with Crippen LogP contribution < -0.4 is 15.4 Å². The van der Waals surface area contributed by atoms with Crippen molar-refractivity contribution in [1.29, 1.82) is 0 Å². The molecule has 1 aromatic heterocycles. The van der Waals surface area contributed by atoms with Crippen molar-refractivity contribution in [1.82, 2.24) is 15.8 Å². The summed E-state index contributed by atoms with van der Waals surface area (Å²) in [6.45, 7) is 5.72. The van der Waals surface area contributed by atoms with Crippen LogP contribution in [0.5, 0.6) is 5.88 Å². The number of carbonyl (C=O) groups is 3. The van der Waals surface area contributed by atoms with Gasteiger partial charge in [-0.15, -0.1) is 11.8 Å². The maximum absolute atomic E-state index is 13.3. The first-order valence-electron chi connectivity index (χ1n) is 12.7. The number of nitrogens with one attached hydrogen (secondary N) is 2. The molecule has 194 valence electrons. The van der Waals surface area contributed by atoms with Crippen LogP contribution in [0.3, 0.4) is 0 Å². The van der Waals surface area contributed by atoms with Crippen LogP contribution in [0.1, 0.15) is 82.7 Å². The van der Waals surface area contributed by atoms with Crippen molar-refractivity contribution in [3.8, 4) is 5.88 Å². The summed E-state index contributed by atoms with van der Waals surface area (Å²) in [6.07, 6.45) is 6.81. The summed E-state index contributed by atoms with van der Waals surface area (Å²) >= 11 is 1.48. The Balaban J connectivity index is 1.39. The van der Waals surface area contributed by atoms with Crippen molar-refractivity contribution in [2.24, 2.45) is 23.7 Å². The lowest BCUT2D eigenvalue weighted by molar-refractivity contribution is -0.139. The standard InChI is InChI=1S/C25H37N3O6S/c1-4-7-35-22-21(23(32)26-20-16-9-14-8-15(11-16)12-17(20)10-14)34-28-24(22)33-13-25(2,3)27-18(29)5-6-19(30)31/h14-17,20H,4-13H2,1-3H3,(H,26,32)(H,27,29)(H,30,31). The Morgan fingerprint density at radius 2 is 1.77 bits per heavy atom. The minimum absolute atomic E-state index is 0.0919. The highest BCUT2D eigenvalue weighted by Crippen LogP contribution is 2.53. The molecule has 4 aliphatic rings. The number of carboxylic acids is 1. The van der Waals surface area contributed by atoms with E-state index in [4.69, 9.17) is 14.4 Å². The number of rotatable bonds is 12. The van der Waals surface area contributed by atoms with Gasteiger partial charge in [0, 0.05) is 12.5 Å². The van der Waals surface area contributed by atoms with E-state index in [9.17, 15) is 14.4 Å². The van der Waals surface area contributed by atoms with Gasteiger partial charge in [-0.05, 0) is 87.0 Å². The third kappa shape index (κ3) is 6.32. The molecule has 4 fully saturated rings. The number of ether oxygens (including phenoxy) is 1. The van der Waals surface area contributed by atoms with E-state index in [1.807, 2.05) is 0 Å². The monoisotopic (exact) mass is 507 g/mol. The summed E-state index contributed by atoms with van der Waals surface area (Å²) in [5, 5.41) is 18.9. The molecule has 0 unspecified atom stereocenters. The molecule has 4 saturated carbocycles. The SMILES string of the molecule is CCCSc1c(OCC(C)(C)NC(=O)CCC(=O)O)noc1C(=O)NC1C2CC3CC(C2)CC1C3. The fourth-order valence-electron chi connectivity index (χ4n) is 6.16. The Bertz CT molecular complexity index is 918. The molecular weight excluding hydrogens is 470 g/mol. The fraction of sp³-hybridized carbons (Fsp3) is 0.760. The number of amides is 2. The number of carbonyl (C=O) groups excluding carboxylic acids is 2. The molecule has 2 amide bonds. The lowest BCUT2D eigenvalue weighted by Crippen LogP contribution is -2.55. The van der Waals surface area contributed by atoms with Gasteiger partial charge in [0.25, 0.3) is 11.8 Å². The second-order valence-corrected chi connectivity index (χ2v) is 12.1. The summed E-state index contributed by atoms with van der Waals surface area (Å²) in [5.74, 6) is 2.39. The number of carboxylic acid groups (broad SMARTS) is 1. The quantitative estimate of drug-likeness (QED) is 0.364. The number of hydrogen-bond donors (Lipinski definition) is 3. The van der Waals surface area contributed by atoms with E-state index < -0.39 is 11.5 Å². The highest BCUT2D eigenvalue weighted by Gasteiger charge is 2.49. The highest BCUT2D eigenvalue weighted by atomic mass is 32.2. The lowest BCUT2D eigenvalue weighted by Gasteiger charge is -2.54. The first kappa shape index (κ1) is 25.9. The van der Waals surface area contributed by atoms with Gasteiger partial charge in [-0.3, -0.25) is 14.4 Å². The third-order valence-electron chi connectivity index (χ3n) is 7.42. The highest BCUT2D eigenvalue weighted by molar-refractivity contribution is 7.99. The van der Waals surface area contributed by atoms with Crippen molar-refractivity contribution in [2.45, 2.75) is 88.6 Å². The van der Waals surface area contributed by atoms with E-state index in [1.54, 1.807) is 13.8 Å². The molecule has 4 aliphatic carbocycles. The summed E-state index contributed by atoms with van der Waals surface area (Å²) < 4.78 is 11.4. The van der Waals surface area contributed by atoms with E-state index in [0.29, 0.717) is 16.7 Å². The van der Waals surface area contributed by atoms with Gasteiger partial charge < -0.3 is 25.0 Å². The van der Waals surface area contributed by atoms with Crippen LogP contribution in [0.4, 0.5) is 0 Å². The van der Waals surface area contributed by atoms with E-state index in [1.165, 1.54) is 43.9 Å². The topological polar surface area (TPSA) is 131 Å². The van der Waals surface area contributed by atoms with Gasteiger partial charge >= 0.3 is 5.97 Å². The van der Waals surface area contributed by atoms with E-state index in [-0.39, 0.29) is 48.9 Å². The van der Waals surface area contributed by atoms with Crippen LogP contribution in [0.15, 0.2) is 9.42 Å².